The number of imide groups is 1. The van der Waals surface area contributed by atoms with Crippen LogP contribution in [0.4, 0.5) is 4.79 Å². The summed E-state index contributed by atoms with van der Waals surface area (Å²) in [5.41, 5.74) is -0.0446. The zero-order chi connectivity index (χ0) is 18.1. The lowest BCUT2D eigenvalue weighted by molar-refractivity contribution is -0.122. The molecule has 5 heteroatoms. The van der Waals surface area contributed by atoms with Gasteiger partial charge in [0.25, 0.3) is 0 Å². The van der Waals surface area contributed by atoms with E-state index in [9.17, 15) is 9.59 Å². The maximum Gasteiger partial charge on any atom is 0.321 e. The molecule has 0 heterocycles. The number of hydrogen-bond donors (Lipinski definition) is 3. The SMILES string of the molecule is C[C@@H](NC1CCCCCC1)C(=O)NC(=O)NC12CC3CC(CC(C3)C1)C2. The van der Waals surface area contributed by atoms with Gasteiger partial charge in [-0.3, -0.25) is 10.1 Å². The average molecular weight is 362 g/mol. The Labute approximate surface area is 157 Å². The number of hydrogen-bond acceptors (Lipinski definition) is 3. The molecule has 0 saturated heterocycles. The van der Waals surface area contributed by atoms with Crippen LogP contribution in [-0.4, -0.2) is 29.6 Å². The monoisotopic (exact) mass is 361 g/mol. The van der Waals surface area contributed by atoms with Crippen LogP contribution >= 0.6 is 0 Å². The molecule has 146 valence electrons. The van der Waals surface area contributed by atoms with Crippen molar-refractivity contribution >= 4 is 11.9 Å². The molecule has 0 radical (unpaired) electrons. The number of rotatable bonds is 4. The summed E-state index contributed by atoms with van der Waals surface area (Å²) in [5.74, 6) is 2.16. The topological polar surface area (TPSA) is 70.2 Å². The molecule has 5 fully saturated rings. The highest BCUT2D eigenvalue weighted by Crippen LogP contribution is 2.55. The van der Waals surface area contributed by atoms with Crippen LogP contribution in [0.5, 0.6) is 0 Å². The summed E-state index contributed by atoms with van der Waals surface area (Å²) in [6.07, 6.45) is 14.7. The smallest absolute Gasteiger partial charge is 0.321 e. The highest BCUT2D eigenvalue weighted by Gasteiger charge is 2.51. The summed E-state index contributed by atoms with van der Waals surface area (Å²) < 4.78 is 0. The van der Waals surface area contributed by atoms with Gasteiger partial charge in [0.05, 0.1) is 6.04 Å². The molecule has 5 aliphatic carbocycles. The van der Waals surface area contributed by atoms with Crippen molar-refractivity contribution in [1.82, 2.24) is 16.0 Å². The van der Waals surface area contributed by atoms with Gasteiger partial charge in [-0.1, -0.05) is 25.7 Å². The van der Waals surface area contributed by atoms with Gasteiger partial charge in [-0.15, -0.1) is 0 Å². The summed E-state index contributed by atoms with van der Waals surface area (Å²) in [6, 6.07) is -0.198. The molecule has 0 aromatic carbocycles. The third-order valence-corrected chi connectivity index (χ3v) is 7.39. The second-order valence-electron chi connectivity index (χ2n) is 9.72. The Morgan fingerprint density at radius 1 is 0.885 bits per heavy atom. The summed E-state index contributed by atoms with van der Waals surface area (Å²) in [5, 5.41) is 9.27. The standard InChI is InChI=1S/C21H35N3O2/c1-14(22-18-6-4-2-3-5-7-18)19(25)23-20(26)24-21-11-15-8-16(12-21)10-17(9-15)13-21/h14-18,22H,2-13H2,1H3,(H2,23,24,25,26)/t14-,15?,16?,17?,21?/m1/s1. The summed E-state index contributed by atoms with van der Waals surface area (Å²) >= 11 is 0. The molecule has 0 unspecified atom stereocenters. The molecule has 0 spiro atoms. The third-order valence-electron chi connectivity index (χ3n) is 7.39. The summed E-state index contributed by atoms with van der Waals surface area (Å²) in [7, 11) is 0. The molecule has 0 aliphatic heterocycles. The fourth-order valence-electron chi connectivity index (χ4n) is 6.63. The highest BCUT2D eigenvalue weighted by molar-refractivity contribution is 5.97. The van der Waals surface area contributed by atoms with E-state index in [1.165, 1.54) is 44.9 Å². The molecule has 3 amide bonds. The Balaban J connectivity index is 1.27. The first kappa shape index (κ1) is 18.3. The van der Waals surface area contributed by atoms with Gasteiger partial charge in [0.2, 0.25) is 5.91 Å². The van der Waals surface area contributed by atoms with E-state index in [-0.39, 0.29) is 23.5 Å². The molecular formula is C21H35N3O2. The van der Waals surface area contributed by atoms with Gasteiger partial charge in [0, 0.05) is 11.6 Å². The van der Waals surface area contributed by atoms with E-state index < -0.39 is 0 Å². The van der Waals surface area contributed by atoms with E-state index in [0.717, 1.165) is 49.9 Å². The van der Waals surface area contributed by atoms with Gasteiger partial charge >= 0.3 is 6.03 Å². The van der Waals surface area contributed by atoms with E-state index in [1.807, 2.05) is 6.92 Å². The molecule has 5 rings (SSSR count). The van der Waals surface area contributed by atoms with Gasteiger partial charge in [-0.2, -0.15) is 0 Å². The van der Waals surface area contributed by atoms with Crippen LogP contribution in [0.25, 0.3) is 0 Å². The predicted molar refractivity (Wildman–Crippen MR) is 102 cm³/mol. The normalized spacial score (nSPS) is 37.8. The van der Waals surface area contributed by atoms with Gasteiger partial charge in [-0.25, -0.2) is 4.79 Å². The lowest BCUT2D eigenvalue weighted by atomic mass is 9.53. The first-order valence-electron chi connectivity index (χ1n) is 10.9. The van der Waals surface area contributed by atoms with Gasteiger partial charge in [-0.05, 0) is 76.0 Å². The van der Waals surface area contributed by atoms with E-state index >= 15 is 0 Å². The number of carbonyl (C=O) groups excluding carboxylic acids is 2. The predicted octanol–water partition coefficient (Wildman–Crippen LogP) is 3.48. The Bertz CT molecular complexity index is 504. The van der Waals surface area contributed by atoms with Crippen LogP contribution in [0.2, 0.25) is 0 Å². The fraction of sp³-hybridized carbons (Fsp3) is 0.905. The van der Waals surface area contributed by atoms with Gasteiger partial charge in [0.15, 0.2) is 0 Å². The van der Waals surface area contributed by atoms with Crippen LogP contribution in [0.1, 0.15) is 84.0 Å². The lowest BCUT2D eigenvalue weighted by Crippen LogP contribution is -2.62. The van der Waals surface area contributed by atoms with E-state index in [2.05, 4.69) is 16.0 Å². The summed E-state index contributed by atoms with van der Waals surface area (Å²) in [4.78, 5) is 25.0. The Hall–Kier alpha value is -1.10. The van der Waals surface area contributed by atoms with Crippen molar-refractivity contribution in [2.24, 2.45) is 17.8 Å². The molecule has 26 heavy (non-hydrogen) atoms. The Morgan fingerprint density at radius 3 is 1.96 bits per heavy atom. The van der Waals surface area contributed by atoms with Crippen molar-refractivity contribution < 1.29 is 9.59 Å². The number of urea groups is 1. The Kier molecular flexibility index (Phi) is 5.27. The molecule has 4 bridgehead atoms. The van der Waals surface area contributed by atoms with Crippen LogP contribution in [0.3, 0.4) is 0 Å². The Morgan fingerprint density at radius 2 is 1.42 bits per heavy atom. The molecule has 3 N–H and O–H groups in total. The molecule has 1 atom stereocenters. The summed E-state index contributed by atoms with van der Waals surface area (Å²) in [6.45, 7) is 1.87. The van der Waals surface area contributed by atoms with Crippen molar-refractivity contribution in [3.63, 3.8) is 0 Å². The van der Waals surface area contributed by atoms with Crippen LogP contribution in [-0.2, 0) is 4.79 Å². The highest BCUT2D eigenvalue weighted by atomic mass is 16.2. The van der Waals surface area contributed by atoms with Gasteiger partial charge < -0.3 is 10.6 Å². The zero-order valence-corrected chi connectivity index (χ0v) is 16.2. The largest absolute Gasteiger partial charge is 0.332 e. The molecular weight excluding hydrogens is 326 g/mol. The number of nitrogens with one attached hydrogen (secondary N) is 3. The average Bonchev–Trinajstić information content (AvgIpc) is 2.81. The molecule has 0 aromatic rings. The zero-order valence-electron chi connectivity index (χ0n) is 16.2. The van der Waals surface area contributed by atoms with E-state index in [4.69, 9.17) is 0 Å². The van der Waals surface area contributed by atoms with Crippen molar-refractivity contribution in [1.29, 1.82) is 0 Å². The van der Waals surface area contributed by atoms with E-state index in [0.29, 0.717) is 6.04 Å². The van der Waals surface area contributed by atoms with Crippen LogP contribution in [0.15, 0.2) is 0 Å². The molecule has 5 saturated carbocycles. The minimum absolute atomic E-state index is 0.0446. The van der Waals surface area contributed by atoms with Crippen LogP contribution < -0.4 is 16.0 Å². The molecule has 5 nitrogen and oxygen atoms in total. The molecule has 0 aromatic heterocycles. The molecule has 5 aliphatic rings. The number of carbonyl (C=O) groups is 2. The van der Waals surface area contributed by atoms with Crippen molar-refractivity contribution in [2.45, 2.75) is 102 Å². The van der Waals surface area contributed by atoms with Crippen molar-refractivity contribution in [2.75, 3.05) is 0 Å². The van der Waals surface area contributed by atoms with Crippen molar-refractivity contribution in [3.8, 4) is 0 Å². The number of amides is 3. The first-order chi connectivity index (χ1) is 12.5. The second-order valence-corrected chi connectivity index (χ2v) is 9.72. The maximum atomic E-state index is 12.5. The fourth-order valence-corrected chi connectivity index (χ4v) is 6.63. The minimum atomic E-state index is -0.319. The quantitative estimate of drug-likeness (QED) is 0.671. The van der Waals surface area contributed by atoms with Gasteiger partial charge in [0.1, 0.15) is 0 Å². The van der Waals surface area contributed by atoms with Crippen LogP contribution in [0, 0.1) is 17.8 Å². The lowest BCUT2D eigenvalue weighted by Gasteiger charge is -2.56. The van der Waals surface area contributed by atoms with E-state index in [1.54, 1.807) is 0 Å². The minimum Gasteiger partial charge on any atom is -0.332 e. The third kappa shape index (κ3) is 4.08. The van der Waals surface area contributed by atoms with Crippen molar-refractivity contribution in [3.05, 3.63) is 0 Å². The first-order valence-corrected chi connectivity index (χ1v) is 10.9. The second kappa shape index (κ2) is 7.49. The maximum absolute atomic E-state index is 12.5.